The summed E-state index contributed by atoms with van der Waals surface area (Å²) in [5, 5.41) is 12.4. The molecule has 1 fully saturated rings. The summed E-state index contributed by atoms with van der Waals surface area (Å²) in [7, 11) is 0. The van der Waals surface area contributed by atoms with Gasteiger partial charge in [-0.05, 0) is 26.2 Å². The molecule has 4 heteroatoms. The van der Waals surface area contributed by atoms with E-state index < -0.39 is 5.54 Å². The molecule has 4 N–H and O–H groups in total. The number of aliphatic hydroxyl groups is 1. The first kappa shape index (κ1) is 14.5. The molecule has 0 spiro atoms. The molecule has 100 valence electrons. The first-order valence-electron chi connectivity index (χ1n) is 6.64. The molecule has 1 atom stereocenters. The second kappa shape index (κ2) is 5.83. The number of amides is 1. The molecule has 17 heavy (non-hydrogen) atoms. The predicted molar refractivity (Wildman–Crippen MR) is 68.5 cm³/mol. The van der Waals surface area contributed by atoms with Gasteiger partial charge in [0.25, 0.3) is 0 Å². The Bertz CT molecular complexity index is 258. The molecule has 0 aromatic heterocycles. The first-order chi connectivity index (χ1) is 7.96. The monoisotopic (exact) mass is 242 g/mol. The standard InChI is InChI=1S/C13H26N2O2/c1-3-12(2,14)11(17)15-9-13(10-16)7-5-4-6-8-13/h16H,3-10,14H2,1-2H3,(H,15,17). The van der Waals surface area contributed by atoms with Crippen molar-refractivity contribution in [2.45, 2.75) is 57.9 Å². The highest BCUT2D eigenvalue weighted by atomic mass is 16.3. The predicted octanol–water partition coefficient (Wildman–Crippen LogP) is 1.17. The van der Waals surface area contributed by atoms with E-state index in [1.165, 1.54) is 6.42 Å². The Morgan fingerprint density at radius 2 is 2.00 bits per heavy atom. The Morgan fingerprint density at radius 3 is 2.47 bits per heavy atom. The summed E-state index contributed by atoms with van der Waals surface area (Å²) in [6.45, 7) is 4.35. The summed E-state index contributed by atoms with van der Waals surface area (Å²) >= 11 is 0. The number of aliphatic hydroxyl groups excluding tert-OH is 1. The van der Waals surface area contributed by atoms with Crippen molar-refractivity contribution in [3.8, 4) is 0 Å². The van der Waals surface area contributed by atoms with Gasteiger partial charge in [0.05, 0.1) is 12.1 Å². The lowest BCUT2D eigenvalue weighted by molar-refractivity contribution is -0.126. The van der Waals surface area contributed by atoms with Crippen molar-refractivity contribution in [2.75, 3.05) is 13.2 Å². The topological polar surface area (TPSA) is 75.4 Å². The van der Waals surface area contributed by atoms with Crippen LogP contribution in [0.2, 0.25) is 0 Å². The van der Waals surface area contributed by atoms with Crippen molar-refractivity contribution in [3.63, 3.8) is 0 Å². The quantitative estimate of drug-likeness (QED) is 0.677. The van der Waals surface area contributed by atoms with E-state index in [4.69, 9.17) is 5.73 Å². The van der Waals surface area contributed by atoms with Crippen LogP contribution in [0.4, 0.5) is 0 Å². The molecular weight excluding hydrogens is 216 g/mol. The van der Waals surface area contributed by atoms with Crippen LogP contribution in [0, 0.1) is 5.41 Å². The van der Waals surface area contributed by atoms with E-state index in [2.05, 4.69) is 5.32 Å². The molecule has 1 amide bonds. The molecule has 0 bridgehead atoms. The molecule has 0 aromatic carbocycles. The summed E-state index contributed by atoms with van der Waals surface area (Å²) in [5.41, 5.74) is 4.97. The summed E-state index contributed by atoms with van der Waals surface area (Å²) in [6, 6.07) is 0. The van der Waals surface area contributed by atoms with Gasteiger partial charge in [0, 0.05) is 12.0 Å². The van der Waals surface area contributed by atoms with E-state index in [0.29, 0.717) is 13.0 Å². The van der Waals surface area contributed by atoms with E-state index in [1.54, 1.807) is 6.92 Å². The van der Waals surface area contributed by atoms with E-state index in [0.717, 1.165) is 25.7 Å². The van der Waals surface area contributed by atoms with Gasteiger partial charge in [0.1, 0.15) is 0 Å². The fourth-order valence-electron chi connectivity index (χ4n) is 2.32. The van der Waals surface area contributed by atoms with Crippen LogP contribution < -0.4 is 11.1 Å². The molecule has 1 aliphatic rings. The lowest BCUT2D eigenvalue weighted by Crippen LogP contribution is -2.54. The van der Waals surface area contributed by atoms with Gasteiger partial charge in [0.2, 0.25) is 5.91 Å². The molecule has 1 saturated carbocycles. The third-order valence-electron chi connectivity index (χ3n) is 4.13. The lowest BCUT2D eigenvalue weighted by atomic mass is 9.74. The Labute approximate surface area is 104 Å². The molecule has 0 radical (unpaired) electrons. The Morgan fingerprint density at radius 1 is 1.41 bits per heavy atom. The van der Waals surface area contributed by atoms with Crippen molar-refractivity contribution < 1.29 is 9.90 Å². The number of hydrogen-bond donors (Lipinski definition) is 3. The second-order valence-corrected chi connectivity index (χ2v) is 5.67. The van der Waals surface area contributed by atoms with Gasteiger partial charge < -0.3 is 16.2 Å². The average molecular weight is 242 g/mol. The third kappa shape index (κ3) is 3.68. The van der Waals surface area contributed by atoms with Crippen LogP contribution in [0.1, 0.15) is 52.4 Å². The number of rotatable bonds is 5. The van der Waals surface area contributed by atoms with E-state index in [9.17, 15) is 9.90 Å². The summed E-state index contributed by atoms with van der Waals surface area (Å²) in [4.78, 5) is 11.9. The van der Waals surface area contributed by atoms with Gasteiger partial charge in [-0.3, -0.25) is 4.79 Å². The highest BCUT2D eigenvalue weighted by molar-refractivity contribution is 5.85. The van der Waals surface area contributed by atoms with Crippen molar-refractivity contribution in [2.24, 2.45) is 11.1 Å². The molecule has 0 aliphatic heterocycles. The zero-order valence-electron chi connectivity index (χ0n) is 11.1. The number of carbonyl (C=O) groups is 1. The fraction of sp³-hybridized carbons (Fsp3) is 0.923. The molecule has 0 heterocycles. The Hall–Kier alpha value is -0.610. The molecule has 0 aromatic rings. The highest BCUT2D eigenvalue weighted by Crippen LogP contribution is 2.35. The zero-order valence-corrected chi connectivity index (χ0v) is 11.1. The number of nitrogens with one attached hydrogen (secondary N) is 1. The molecular formula is C13H26N2O2. The molecule has 1 unspecified atom stereocenters. The van der Waals surface area contributed by atoms with Crippen molar-refractivity contribution >= 4 is 5.91 Å². The molecule has 1 rings (SSSR count). The minimum absolute atomic E-state index is 0.113. The van der Waals surface area contributed by atoms with E-state index in [-0.39, 0.29) is 17.9 Å². The van der Waals surface area contributed by atoms with Crippen molar-refractivity contribution in [3.05, 3.63) is 0 Å². The first-order valence-corrected chi connectivity index (χ1v) is 6.64. The van der Waals surface area contributed by atoms with Gasteiger partial charge in [-0.1, -0.05) is 26.2 Å². The molecule has 4 nitrogen and oxygen atoms in total. The van der Waals surface area contributed by atoms with Gasteiger partial charge >= 0.3 is 0 Å². The van der Waals surface area contributed by atoms with Gasteiger partial charge in [-0.25, -0.2) is 0 Å². The van der Waals surface area contributed by atoms with Crippen LogP contribution in [0.5, 0.6) is 0 Å². The summed E-state index contributed by atoms with van der Waals surface area (Å²) in [6.07, 6.45) is 6.13. The minimum atomic E-state index is -0.800. The maximum atomic E-state index is 11.9. The van der Waals surface area contributed by atoms with Crippen LogP contribution in [0.15, 0.2) is 0 Å². The summed E-state index contributed by atoms with van der Waals surface area (Å²) in [5.74, 6) is -0.113. The van der Waals surface area contributed by atoms with E-state index >= 15 is 0 Å². The van der Waals surface area contributed by atoms with Crippen LogP contribution >= 0.6 is 0 Å². The minimum Gasteiger partial charge on any atom is -0.396 e. The van der Waals surface area contributed by atoms with Crippen LogP contribution in [0.25, 0.3) is 0 Å². The van der Waals surface area contributed by atoms with Crippen LogP contribution in [-0.4, -0.2) is 29.7 Å². The normalized spacial score (nSPS) is 22.8. The SMILES string of the molecule is CCC(C)(N)C(=O)NCC1(CO)CCCCC1. The number of hydrogen-bond acceptors (Lipinski definition) is 3. The van der Waals surface area contributed by atoms with Crippen LogP contribution in [0.3, 0.4) is 0 Å². The maximum absolute atomic E-state index is 11.9. The van der Waals surface area contributed by atoms with Gasteiger partial charge in [-0.15, -0.1) is 0 Å². The molecule has 1 aliphatic carbocycles. The largest absolute Gasteiger partial charge is 0.396 e. The van der Waals surface area contributed by atoms with Crippen molar-refractivity contribution in [1.29, 1.82) is 0 Å². The zero-order chi connectivity index (χ0) is 12.9. The van der Waals surface area contributed by atoms with E-state index in [1.807, 2.05) is 6.92 Å². The second-order valence-electron chi connectivity index (χ2n) is 5.67. The average Bonchev–Trinajstić information content (AvgIpc) is 2.37. The smallest absolute Gasteiger partial charge is 0.239 e. The number of nitrogens with two attached hydrogens (primary N) is 1. The van der Waals surface area contributed by atoms with Gasteiger partial charge in [0.15, 0.2) is 0 Å². The van der Waals surface area contributed by atoms with Crippen molar-refractivity contribution in [1.82, 2.24) is 5.32 Å². The lowest BCUT2D eigenvalue weighted by Gasteiger charge is -2.36. The van der Waals surface area contributed by atoms with Crippen LogP contribution in [-0.2, 0) is 4.79 Å². The molecule has 0 saturated heterocycles. The Balaban J connectivity index is 2.50. The highest BCUT2D eigenvalue weighted by Gasteiger charge is 2.34. The maximum Gasteiger partial charge on any atom is 0.239 e. The fourth-order valence-corrected chi connectivity index (χ4v) is 2.32. The third-order valence-corrected chi connectivity index (χ3v) is 4.13. The summed E-state index contributed by atoms with van der Waals surface area (Å²) < 4.78 is 0. The Kier molecular flexibility index (Phi) is 4.95. The van der Waals surface area contributed by atoms with Gasteiger partial charge in [-0.2, -0.15) is 0 Å². The number of carbonyl (C=O) groups excluding carboxylic acids is 1.